The number of benzene rings is 1. The number of nitrogens with one attached hydrogen (secondary N) is 3. The average molecular weight is 339 g/mol. The Morgan fingerprint density at radius 1 is 0.870 bits per heavy atom. The third-order valence-electron chi connectivity index (χ3n) is 2.83. The fourth-order valence-corrected chi connectivity index (χ4v) is 1.67. The Kier molecular flexibility index (Phi) is 5.88. The van der Waals surface area contributed by atoms with Crippen LogP contribution in [-0.2, 0) is 9.59 Å². The van der Waals surface area contributed by atoms with E-state index < -0.39 is 58.5 Å². The first-order valence-corrected chi connectivity index (χ1v) is 6.42. The Morgan fingerprint density at radius 2 is 1.30 bits per heavy atom. The van der Waals surface area contributed by atoms with Crippen LogP contribution in [0.5, 0.6) is 0 Å². The van der Waals surface area contributed by atoms with E-state index in [1.54, 1.807) is 24.7 Å². The summed E-state index contributed by atoms with van der Waals surface area (Å²) in [6, 6.07) is -1.07. The van der Waals surface area contributed by atoms with E-state index in [0.717, 1.165) is 6.92 Å². The van der Waals surface area contributed by atoms with Gasteiger partial charge in [-0.05, 0) is 5.92 Å². The Balaban J connectivity index is 2.98. The molecule has 5 nitrogen and oxygen atoms in total. The Hall–Kier alpha value is -2.39. The lowest BCUT2D eigenvalue weighted by Gasteiger charge is -2.21. The zero-order valence-corrected chi connectivity index (χ0v) is 12.4. The van der Waals surface area contributed by atoms with Crippen molar-refractivity contribution >= 4 is 17.5 Å². The van der Waals surface area contributed by atoms with Crippen LogP contribution in [0.4, 0.5) is 27.6 Å². The molecule has 2 amide bonds. The largest absolute Gasteiger partial charge is 0.344 e. The molecule has 0 fully saturated rings. The van der Waals surface area contributed by atoms with E-state index in [1.807, 2.05) is 0 Å². The van der Waals surface area contributed by atoms with Gasteiger partial charge in [0, 0.05) is 6.92 Å². The molecule has 0 spiro atoms. The van der Waals surface area contributed by atoms with Gasteiger partial charge < -0.3 is 5.32 Å². The van der Waals surface area contributed by atoms with Crippen molar-refractivity contribution in [2.45, 2.75) is 26.8 Å². The Morgan fingerprint density at radius 3 is 1.70 bits per heavy atom. The zero-order valence-electron chi connectivity index (χ0n) is 12.4. The van der Waals surface area contributed by atoms with Gasteiger partial charge >= 0.3 is 0 Å². The van der Waals surface area contributed by atoms with Gasteiger partial charge in [-0.3, -0.25) is 20.4 Å². The molecule has 0 saturated carbocycles. The fourth-order valence-electron chi connectivity index (χ4n) is 1.67. The Bertz CT molecular complexity index is 608. The number of hydrogen-bond acceptors (Lipinski definition) is 3. The van der Waals surface area contributed by atoms with E-state index in [9.17, 15) is 31.5 Å². The van der Waals surface area contributed by atoms with Crippen LogP contribution in [0.2, 0.25) is 0 Å². The van der Waals surface area contributed by atoms with Crippen molar-refractivity contribution < 1.29 is 31.5 Å². The number of anilines is 1. The van der Waals surface area contributed by atoms with Gasteiger partial charge in [-0.25, -0.2) is 22.0 Å². The first kappa shape index (κ1) is 18.7. The molecule has 0 unspecified atom stereocenters. The molecule has 10 heteroatoms. The molecule has 1 aromatic rings. The van der Waals surface area contributed by atoms with Gasteiger partial charge in [0.1, 0.15) is 11.7 Å². The summed E-state index contributed by atoms with van der Waals surface area (Å²) < 4.78 is 65.8. The van der Waals surface area contributed by atoms with Crippen LogP contribution in [0.15, 0.2) is 0 Å². The minimum atomic E-state index is -2.31. The highest BCUT2D eigenvalue weighted by molar-refractivity contribution is 5.87. The monoisotopic (exact) mass is 339 g/mol. The topological polar surface area (TPSA) is 70.2 Å². The van der Waals surface area contributed by atoms with E-state index >= 15 is 0 Å². The number of carbonyl (C=O) groups excluding carboxylic acids is 2. The molecule has 0 saturated heterocycles. The number of rotatable bonds is 5. The molecule has 0 aromatic heterocycles. The maximum absolute atomic E-state index is 13.4. The van der Waals surface area contributed by atoms with Gasteiger partial charge in [0.2, 0.25) is 11.7 Å². The molecule has 0 radical (unpaired) electrons. The molecule has 128 valence electrons. The van der Waals surface area contributed by atoms with Gasteiger partial charge in [0.05, 0.1) is 0 Å². The summed E-state index contributed by atoms with van der Waals surface area (Å²) in [5, 5.41) is 2.29. The first-order chi connectivity index (χ1) is 10.6. The summed E-state index contributed by atoms with van der Waals surface area (Å²) in [6.45, 7) is 4.32. The highest BCUT2D eigenvalue weighted by Gasteiger charge is 2.27. The second kappa shape index (κ2) is 7.25. The summed E-state index contributed by atoms with van der Waals surface area (Å²) in [7, 11) is 0. The molecule has 1 atom stereocenters. The van der Waals surface area contributed by atoms with Gasteiger partial charge in [-0.15, -0.1) is 0 Å². The predicted octanol–water partition coefficient (Wildman–Crippen LogP) is 1.99. The lowest BCUT2D eigenvalue weighted by atomic mass is 10.0. The molecule has 0 aliphatic heterocycles. The van der Waals surface area contributed by atoms with Crippen LogP contribution in [0, 0.1) is 35.0 Å². The van der Waals surface area contributed by atoms with Crippen molar-refractivity contribution in [1.82, 2.24) is 10.7 Å². The number of halogens is 5. The van der Waals surface area contributed by atoms with Crippen molar-refractivity contribution in [2.75, 3.05) is 5.43 Å². The lowest BCUT2D eigenvalue weighted by Crippen LogP contribution is -2.50. The molecular formula is C13H14F5N3O2. The van der Waals surface area contributed by atoms with E-state index in [1.165, 1.54) is 0 Å². The van der Waals surface area contributed by atoms with Gasteiger partial charge in [0.25, 0.3) is 5.91 Å². The molecular weight excluding hydrogens is 325 g/mol. The number of amides is 2. The molecule has 3 N–H and O–H groups in total. The van der Waals surface area contributed by atoms with Crippen LogP contribution in [0.25, 0.3) is 0 Å². The van der Waals surface area contributed by atoms with Crippen molar-refractivity contribution in [2.24, 2.45) is 5.92 Å². The van der Waals surface area contributed by atoms with Crippen LogP contribution in [0.1, 0.15) is 20.8 Å². The first-order valence-electron chi connectivity index (χ1n) is 6.42. The second-order valence-corrected chi connectivity index (χ2v) is 4.98. The van der Waals surface area contributed by atoms with Crippen molar-refractivity contribution in [1.29, 1.82) is 0 Å². The second-order valence-electron chi connectivity index (χ2n) is 4.98. The minimum absolute atomic E-state index is 0.392. The quantitative estimate of drug-likeness (QED) is 0.333. The van der Waals surface area contributed by atoms with E-state index in [-0.39, 0.29) is 0 Å². The predicted molar refractivity (Wildman–Crippen MR) is 70.4 cm³/mol. The van der Waals surface area contributed by atoms with Crippen LogP contribution in [-0.4, -0.2) is 17.9 Å². The van der Waals surface area contributed by atoms with Crippen LogP contribution in [0.3, 0.4) is 0 Å². The van der Waals surface area contributed by atoms with Crippen LogP contribution >= 0.6 is 0 Å². The fraction of sp³-hybridized carbons (Fsp3) is 0.385. The normalized spacial score (nSPS) is 12.0. The molecule has 1 aromatic carbocycles. The molecule has 0 aliphatic carbocycles. The average Bonchev–Trinajstić information content (AvgIpc) is 2.47. The summed E-state index contributed by atoms with van der Waals surface area (Å²) in [4.78, 5) is 22.9. The third-order valence-corrected chi connectivity index (χ3v) is 2.83. The summed E-state index contributed by atoms with van der Waals surface area (Å²) in [5.74, 6) is -12.7. The van der Waals surface area contributed by atoms with Crippen LogP contribution < -0.4 is 16.2 Å². The van der Waals surface area contributed by atoms with Crippen molar-refractivity contribution in [3.8, 4) is 0 Å². The van der Waals surface area contributed by atoms with Gasteiger partial charge in [-0.1, -0.05) is 13.8 Å². The SMILES string of the molecule is CC(=O)N[C@H](C(=O)NNc1c(F)c(F)c(F)c(F)c1F)C(C)C. The summed E-state index contributed by atoms with van der Waals surface area (Å²) >= 11 is 0. The molecule has 0 heterocycles. The van der Waals surface area contributed by atoms with Crippen molar-refractivity contribution in [3.63, 3.8) is 0 Å². The highest BCUT2D eigenvalue weighted by atomic mass is 19.2. The van der Waals surface area contributed by atoms with Gasteiger partial charge in [0.15, 0.2) is 23.3 Å². The third kappa shape index (κ3) is 4.08. The van der Waals surface area contributed by atoms with E-state index in [4.69, 9.17) is 0 Å². The summed E-state index contributed by atoms with van der Waals surface area (Å²) in [6.07, 6.45) is 0. The number of hydrazine groups is 1. The minimum Gasteiger partial charge on any atom is -0.344 e. The summed E-state index contributed by atoms with van der Waals surface area (Å²) in [5.41, 5.74) is 2.05. The lowest BCUT2D eigenvalue weighted by molar-refractivity contribution is -0.128. The Labute approximate surface area is 128 Å². The van der Waals surface area contributed by atoms with E-state index in [2.05, 4.69) is 5.32 Å². The number of hydrogen-bond donors (Lipinski definition) is 3. The smallest absolute Gasteiger partial charge is 0.261 e. The highest BCUT2D eigenvalue weighted by Crippen LogP contribution is 2.26. The molecule has 0 bridgehead atoms. The van der Waals surface area contributed by atoms with Gasteiger partial charge in [-0.2, -0.15) is 0 Å². The standard InChI is InChI=1S/C13H14F5N3O2/c1-4(2)11(19-5(3)22)13(23)21-20-12-9(17)7(15)6(14)8(16)10(12)18/h4,11,20H,1-3H3,(H,19,22)(H,21,23)/t11-/m0/s1. The molecule has 1 rings (SSSR count). The number of carbonyl (C=O) groups is 2. The molecule has 23 heavy (non-hydrogen) atoms. The maximum atomic E-state index is 13.4. The zero-order chi connectivity index (χ0) is 17.9. The van der Waals surface area contributed by atoms with E-state index in [0.29, 0.717) is 0 Å². The molecule has 0 aliphatic rings. The maximum Gasteiger partial charge on any atom is 0.261 e. The van der Waals surface area contributed by atoms with Crippen molar-refractivity contribution in [3.05, 3.63) is 29.1 Å².